The molecular formula is C14H18ClFN2. The monoisotopic (exact) mass is 268 g/mol. The molecule has 1 heterocycles. The van der Waals surface area contributed by atoms with Crippen LogP contribution in [0.2, 0.25) is 5.02 Å². The fourth-order valence-corrected chi connectivity index (χ4v) is 3.28. The van der Waals surface area contributed by atoms with E-state index in [4.69, 9.17) is 17.3 Å². The first-order valence-electron chi connectivity index (χ1n) is 6.62. The molecule has 2 fully saturated rings. The van der Waals surface area contributed by atoms with E-state index in [0.717, 1.165) is 24.9 Å². The smallest absolute Gasteiger partial charge is 0.125 e. The second-order valence-electron chi connectivity index (χ2n) is 5.42. The SMILES string of the molecule is NC1CCCN(C2CC2)C1c1cc(F)cc(Cl)c1. The van der Waals surface area contributed by atoms with Crippen molar-refractivity contribution < 1.29 is 4.39 Å². The van der Waals surface area contributed by atoms with E-state index in [9.17, 15) is 4.39 Å². The number of rotatable bonds is 2. The van der Waals surface area contributed by atoms with Gasteiger partial charge in [-0.3, -0.25) is 4.90 Å². The maximum atomic E-state index is 13.5. The van der Waals surface area contributed by atoms with Crippen LogP contribution in [0.3, 0.4) is 0 Å². The predicted molar refractivity (Wildman–Crippen MR) is 71.1 cm³/mol. The lowest BCUT2D eigenvalue weighted by molar-refractivity contribution is 0.119. The van der Waals surface area contributed by atoms with E-state index in [1.165, 1.54) is 18.9 Å². The van der Waals surface area contributed by atoms with Crippen molar-refractivity contribution in [2.24, 2.45) is 5.73 Å². The standard InChI is InChI=1S/C14H18ClFN2/c15-10-6-9(7-11(16)8-10)14-13(17)2-1-5-18(14)12-3-4-12/h6-8,12-14H,1-5,17H2. The van der Waals surface area contributed by atoms with Gasteiger partial charge in [-0.2, -0.15) is 0 Å². The van der Waals surface area contributed by atoms with Gasteiger partial charge in [0, 0.05) is 17.1 Å². The van der Waals surface area contributed by atoms with E-state index >= 15 is 0 Å². The number of piperidine rings is 1. The molecule has 0 spiro atoms. The molecule has 1 saturated heterocycles. The summed E-state index contributed by atoms with van der Waals surface area (Å²) in [6.45, 7) is 1.07. The number of nitrogens with zero attached hydrogens (tertiary/aromatic N) is 1. The van der Waals surface area contributed by atoms with Gasteiger partial charge < -0.3 is 5.73 Å². The Hall–Kier alpha value is -0.640. The third kappa shape index (κ3) is 2.40. The van der Waals surface area contributed by atoms with Gasteiger partial charge in [0.1, 0.15) is 5.82 Å². The van der Waals surface area contributed by atoms with Crippen molar-refractivity contribution in [3.05, 3.63) is 34.6 Å². The zero-order valence-corrected chi connectivity index (χ0v) is 11.0. The molecule has 98 valence electrons. The molecule has 2 N–H and O–H groups in total. The van der Waals surface area contributed by atoms with Gasteiger partial charge in [-0.05, 0) is 56.0 Å². The highest BCUT2D eigenvalue weighted by Crippen LogP contribution is 2.39. The summed E-state index contributed by atoms with van der Waals surface area (Å²) in [4.78, 5) is 2.44. The highest BCUT2D eigenvalue weighted by atomic mass is 35.5. The number of benzene rings is 1. The molecule has 2 atom stereocenters. The van der Waals surface area contributed by atoms with E-state index in [-0.39, 0.29) is 17.9 Å². The van der Waals surface area contributed by atoms with Gasteiger partial charge in [0.15, 0.2) is 0 Å². The average Bonchev–Trinajstić information content (AvgIpc) is 3.10. The van der Waals surface area contributed by atoms with Crippen LogP contribution in [0, 0.1) is 5.82 Å². The van der Waals surface area contributed by atoms with Crippen LogP contribution in [0.25, 0.3) is 0 Å². The second kappa shape index (κ2) is 4.80. The van der Waals surface area contributed by atoms with Crippen LogP contribution in [0.5, 0.6) is 0 Å². The summed E-state index contributed by atoms with van der Waals surface area (Å²) >= 11 is 5.96. The Bertz CT molecular complexity index is 427. The summed E-state index contributed by atoms with van der Waals surface area (Å²) in [5, 5.41) is 0.457. The van der Waals surface area contributed by atoms with Crippen molar-refractivity contribution in [3.8, 4) is 0 Å². The van der Waals surface area contributed by atoms with Crippen LogP contribution in [0.1, 0.15) is 37.3 Å². The number of hydrogen-bond donors (Lipinski definition) is 1. The zero-order chi connectivity index (χ0) is 12.7. The maximum Gasteiger partial charge on any atom is 0.125 e. The molecule has 1 aliphatic heterocycles. The van der Waals surface area contributed by atoms with Gasteiger partial charge in [-0.25, -0.2) is 4.39 Å². The lowest BCUT2D eigenvalue weighted by Gasteiger charge is -2.40. The van der Waals surface area contributed by atoms with Gasteiger partial charge in [-0.1, -0.05) is 11.6 Å². The van der Waals surface area contributed by atoms with Crippen LogP contribution in [0.4, 0.5) is 4.39 Å². The summed E-state index contributed by atoms with van der Waals surface area (Å²) in [6.07, 6.45) is 4.62. The van der Waals surface area contributed by atoms with Crippen molar-refractivity contribution >= 4 is 11.6 Å². The molecule has 1 aromatic carbocycles. The van der Waals surface area contributed by atoms with Crippen LogP contribution < -0.4 is 5.73 Å². The molecule has 2 unspecified atom stereocenters. The highest BCUT2D eigenvalue weighted by molar-refractivity contribution is 6.30. The predicted octanol–water partition coefficient (Wildman–Crippen LogP) is 3.11. The fraction of sp³-hybridized carbons (Fsp3) is 0.571. The van der Waals surface area contributed by atoms with E-state index in [1.54, 1.807) is 6.07 Å². The summed E-state index contributed by atoms with van der Waals surface area (Å²) in [7, 11) is 0. The van der Waals surface area contributed by atoms with Gasteiger partial charge >= 0.3 is 0 Å². The minimum atomic E-state index is -0.272. The van der Waals surface area contributed by atoms with Gasteiger partial charge in [-0.15, -0.1) is 0 Å². The van der Waals surface area contributed by atoms with Gasteiger partial charge in [0.25, 0.3) is 0 Å². The van der Waals surface area contributed by atoms with E-state index in [0.29, 0.717) is 11.1 Å². The molecule has 2 nitrogen and oxygen atoms in total. The van der Waals surface area contributed by atoms with Gasteiger partial charge in [0.2, 0.25) is 0 Å². The summed E-state index contributed by atoms with van der Waals surface area (Å²) in [5.41, 5.74) is 7.19. The highest BCUT2D eigenvalue weighted by Gasteiger charge is 2.39. The quantitative estimate of drug-likeness (QED) is 0.893. The summed E-state index contributed by atoms with van der Waals surface area (Å²) in [6, 6.07) is 5.63. The largest absolute Gasteiger partial charge is 0.326 e. The Labute approximate surface area is 112 Å². The molecule has 0 amide bonds. The maximum absolute atomic E-state index is 13.5. The zero-order valence-electron chi connectivity index (χ0n) is 10.3. The minimum Gasteiger partial charge on any atom is -0.326 e. The molecule has 0 radical (unpaired) electrons. The van der Waals surface area contributed by atoms with E-state index in [2.05, 4.69) is 4.90 Å². The third-order valence-electron chi connectivity index (χ3n) is 3.96. The number of halogens is 2. The first kappa shape index (κ1) is 12.4. The molecule has 1 aliphatic carbocycles. The fourth-order valence-electron chi connectivity index (χ4n) is 3.05. The molecule has 2 aliphatic rings. The molecule has 4 heteroatoms. The van der Waals surface area contributed by atoms with Crippen molar-refractivity contribution in [2.45, 2.75) is 43.8 Å². The van der Waals surface area contributed by atoms with Crippen LogP contribution in [-0.4, -0.2) is 23.5 Å². The first-order valence-corrected chi connectivity index (χ1v) is 7.00. The molecule has 0 aromatic heterocycles. The first-order chi connectivity index (χ1) is 8.65. The van der Waals surface area contributed by atoms with Crippen LogP contribution in [0.15, 0.2) is 18.2 Å². The lowest BCUT2D eigenvalue weighted by atomic mass is 9.90. The minimum absolute atomic E-state index is 0.0808. The Morgan fingerprint density at radius 3 is 2.67 bits per heavy atom. The molecular weight excluding hydrogens is 251 g/mol. The van der Waals surface area contributed by atoms with Crippen LogP contribution in [-0.2, 0) is 0 Å². The van der Waals surface area contributed by atoms with Crippen molar-refractivity contribution in [2.75, 3.05) is 6.54 Å². The Morgan fingerprint density at radius 1 is 1.22 bits per heavy atom. The molecule has 0 bridgehead atoms. The normalized spacial score (nSPS) is 29.5. The Morgan fingerprint density at radius 2 is 2.00 bits per heavy atom. The van der Waals surface area contributed by atoms with Crippen molar-refractivity contribution in [1.29, 1.82) is 0 Å². The Balaban J connectivity index is 1.94. The Kier molecular flexibility index (Phi) is 3.31. The van der Waals surface area contributed by atoms with Crippen molar-refractivity contribution in [3.63, 3.8) is 0 Å². The molecule has 1 aromatic rings. The third-order valence-corrected chi connectivity index (χ3v) is 4.18. The van der Waals surface area contributed by atoms with Crippen molar-refractivity contribution in [1.82, 2.24) is 4.90 Å². The lowest BCUT2D eigenvalue weighted by Crippen LogP contribution is -2.46. The second-order valence-corrected chi connectivity index (χ2v) is 5.86. The summed E-state index contributed by atoms with van der Waals surface area (Å²) < 4.78 is 13.5. The van der Waals surface area contributed by atoms with E-state index < -0.39 is 0 Å². The van der Waals surface area contributed by atoms with E-state index in [1.807, 2.05) is 6.07 Å². The molecule has 3 rings (SSSR count). The number of likely N-dealkylation sites (tertiary alicyclic amines) is 1. The number of hydrogen-bond acceptors (Lipinski definition) is 2. The molecule has 1 saturated carbocycles. The van der Waals surface area contributed by atoms with Gasteiger partial charge in [0.05, 0.1) is 6.04 Å². The number of nitrogens with two attached hydrogens (primary N) is 1. The summed E-state index contributed by atoms with van der Waals surface area (Å²) in [5.74, 6) is -0.272. The average molecular weight is 269 g/mol. The topological polar surface area (TPSA) is 29.3 Å². The van der Waals surface area contributed by atoms with Crippen LogP contribution >= 0.6 is 11.6 Å². The molecule has 18 heavy (non-hydrogen) atoms.